The van der Waals surface area contributed by atoms with Crippen LogP contribution < -0.4 is 0 Å². The average Bonchev–Trinajstić information content (AvgIpc) is 2.67. The number of benzene rings is 1. The average molecular weight is 379 g/mol. The summed E-state index contributed by atoms with van der Waals surface area (Å²) in [5.74, 6) is 0.204. The maximum Gasteiger partial charge on any atom is 0.243 e. The Morgan fingerprint density at radius 3 is 2.50 bits per heavy atom. The molecule has 2 heterocycles. The predicted molar refractivity (Wildman–Crippen MR) is 102 cm³/mol. The molecule has 0 spiro atoms. The van der Waals surface area contributed by atoms with Crippen LogP contribution in [0.25, 0.3) is 0 Å². The van der Waals surface area contributed by atoms with Crippen LogP contribution in [-0.4, -0.2) is 49.2 Å². The van der Waals surface area contributed by atoms with Crippen molar-refractivity contribution in [1.82, 2.24) is 9.21 Å². The molecule has 26 heavy (non-hydrogen) atoms. The number of nitrogens with zero attached hydrogens (tertiary/aromatic N) is 2. The lowest BCUT2D eigenvalue weighted by molar-refractivity contribution is -0.140. The van der Waals surface area contributed by atoms with Crippen LogP contribution in [-0.2, 0) is 14.8 Å². The maximum atomic E-state index is 13.0. The third-order valence-corrected chi connectivity index (χ3v) is 7.71. The molecular formula is C20H30N2O3S. The number of piperidine rings is 2. The predicted octanol–water partition coefficient (Wildman–Crippen LogP) is 3.19. The van der Waals surface area contributed by atoms with Gasteiger partial charge in [-0.3, -0.25) is 4.79 Å². The maximum absolute atomic E-state index is 13.0. The Bertz CT molecular complexity index is 739. The van der Waals surface area contributed by atoms with E-state index in [1.54, 1.807) is 22.5 Å². The van der Waals surface area contributed by atoms with Crippen LogP contribution in [0.2, 0.25) is 0 Å². The molecule has 144 valence electrons. The normalized spacial score (nSPS) is 23.2. The number of likely N-dealkylation sites (tertiary alicyclic amines) is 1. The van der Waals surface area contributed by atoms with Gasteiger partial charge in [-0.05, 0) is 63.1 Å². The number of hydrogen-bond donors (Lipinski definition) is 0. The molecule has 1 aromatic rings. The van der Waals surface area contributed by atoms with E-state index in [0.717, 1.165) is 31.4 Å². The molecule has 2 aliphatic rings. The summed E-state index contributed by atoms with van der Waals surface area (Å²) >= 11 is 0. The zero-order chi connectivity index (χ0) is 18.7. The fourth-order valence-electron chi connectivity index (χ4n) is 4.22. The Morgan fingerprint density at radius 2 is 1.85 bits per heavy atom. The minimum absolute atomic E-state index is 0.0360. The minimum atomic E-state index is -3.47. The van der Waals surface area contributed by atoms with Gasteiger partial charge in [0, 0.05) is 31.6 Å². The number of hydrogen-bond acceptors (Lipinski definition) is 3. The molecule has 2 saturated heterocycles. The summed E-state index contributed by atoms with van der Waals surface area (Å²) in [5.41, 5.74) is 0.937. The first-order valence-corrected chi connectivity index (χ1v) is 11.2. The molecule has 1 unspecified atom stereocenters. The Hall–Kier alpha value is -1.40. The first-order chi connectivity index (χ1) is 12.4. The smallest absolute Gasteiger partial charge is 0.243 e. The van der Waals surface area contributed by atoms with Crippen molar-refractivity contribution in [2.24, 2.45) is 5.92 Å². The van der Waals surface area contributed by atoms with Crippen molar-refractivity contribution in [2.45, 2.75) is 63.3 Å². The molecule has 5 nitrogen and oxygen atoms in total. The SMILES string of the molecule is CCC1CCCCN1C(=O)C1CCN(S(=O)(=O)c2cccc(C)c2)CC1. The topological polar surface area (TPSA) is 57.7 Å². The van der Waals surface area contributed by atoms with E-state index < -0.39 is 10.0 Å². The van der Waals surface area contributed by atoms with Crippen LogP contribution in [0.4, 0.5) is 0 Å². The lowest BCUT2D eigenvalue weighted by atomic mass is 9.92. The number of amides is 1. The van der Waals surface area contributed by atoms with Crippen LogP contribution in [0, 0.1) is 12.8 Å². The van der Waals surface area contributed by atoms with Crippen LogP contribution in [0.15, 0.2) is 29.2 Å². The van der Waals surface area contributed by atoms with E-state index >= 15 is 0 Å². The second kappa shape index (κ2) is 8.09. The number of rotatable bonds is 4. The third kappa shape index (κ3) is 3.96. The number of aryl methyl sites for hydroxylation is 1. The quantitative estimate of drug-likeness (QED) is 0.808. The molecule has 0 saturated carbocycles. The lowest BCUT2D eigenvalue weighted by Crippen LogP contribution is -2.49. The van der Waals surface area contributed by atoms with Gasteiger partial charge in [0.05, 0.1) is 4.90 Å². The van der Waals surface area contributed by atoms with Crippen LogP contribution in [0.5, 0.6) is 0 Å². The first-order valence-electron chi connectivity index (χ1n) is 9.80. The summed E-state index contributed by atoms with van der Waals surface area (Å²) in [6.07, 6.45) is 5.64. The summed E-state index contributed by atoms with van der Waals surface area (Å²) in [6, 6.07) is 7.41. The van der Waals surface area contributed by atoms with E-state index in [2.05, 4.69) is 11.8 Å². The van der Waals surface area contributed by atoms with Crippen molar-refractivity contribution in [3.8, 4) is 0 Å². The summed E-state index contributed by atoms with van der Waals surface area (Å²) in [7, 11) is -3.47. The van der Waals surface area contributed by atoms with Gasteiger partial charge in [0.1, 0.15) is 0 Å². The van der Waals surface area contributed by atoms with Crippen molar-refractivity contribution in [3.63, 3.8) is 0 Å². The standard InChI is InChI=1S/C20H30N2O3S/c1-3-18-8-4-5-12-22(18)20(23)17-10-13-21(14-11-17)26(24,25)19-9-6-7-16(2)15-19/h6-7,9,15,17-18H,3-5,8,10-14H2,1-2H3. The van der Waals surface area contributed by atoms with Crippen molar-refractivity contribution < 1.29 is 13.2 Å². The Labute approximate surface area is 157 Å². The van der Waals surface area contributed by atoms with Gasteiger partial charge >= 0.3 is 0 Å². The highest BCUT2D eigenvalue weighted by Crippen LogP contribution is 2.28. The van der Waals surface area contributed by atoms with Crippen molar-refractivity contribution in [3.05, 3.63) is 29.8 Å². The molecule has 1 amide bonds. The number of carbonyl (C=O) groups excluding carboxylic acids is 1. The molecule has 2 aliphatic heterocycles. The van der Waals surface area contributed by atoms with E-state index in [9.17, 15) is 13.2 Å². The van der Waals surface area contributed by atoms with Crippen molar-refractivity contribution in [2.75, 3.05) is 19.6 Å². The Kier molecular flexibility index (Phi) is 6.03. The highest BCUT2D eigenvalue weighted by Gasteiger charge is 2.35. The first kappa shape index (κ1) is 19.4. The molecular weight excluding hydrogens is 348 g/mol. The molecule has 6 heteroatoms. The molecule has 0 aliphatic carbocycles. The number of carbonyl (C=O) groups is 1. The van der Waals surface area contributed by atoms with Gasteiger partial charge in [0.2, 0.25) is 15.9 Å². The van der Waals surface area contributed by atoms with Crippen molar-refractivity contribution in [1.29, 1.82) is 0 Å². The largest absolute Gasteiger partial charge is 0.339 e. The molecule has 2 fully saturated rings. The molecule has 0 bridgehead atoms. The van der Waals surface area contributed by atoms with Crippen LogP contribution >= 0.6 is 0 Å². The van der Waals surface area contributed by atoms with E-state index in [0.29, 0.717) is 36.9 Å². The highest BCUT2D eigenvalue weighted by molar-refractivity contribution is 7.89. The van der Waals surface area contributed by atoms with Gasteiger partial charge in [-0.1, -0.05) is 19.1 Å². The van der Waals surface area contributed by atoms with E-state index in [1.165, 1.54) is 6.42 Å². The highest BCUT2D eigenvalue weighted by atomic mass is 32.2. The Morgan fingerprint density at radius 1 is 1.12 bits per heavy atom. The van der Waals surface area contributed by atoms with E-state index in [1.807, 2.05) is 13.0 Å². The summed E-state index contributed by atoms with van der Waals surface area (Å²) in [5, 5.41) is 0. The lowest BCUT2D eigenvalue weighted by Gasteiger charge is -2.39. The van der Waals surface area contributed by atoms with Gasteiger partial charge < -0.3 is 4.90 Å². The van der Waals surface area contributed by atoms with Gasteiger partial charge in [-0.15, -0.1) is 0 Å². The van der Waals surface area contributed by atoms with Gasteiger partial charge in [-0.25, -0.2) is 8.42 Å². The van der Waals surface area contributed by atoms with E-state index in [-0.39, 0.29) is 11.8 Å². The second-order valence-corrected chi connectivity index (χ2v) is 9.52. The van der Waals surface area contributed by atoms with Gasteiger partial charge in [0.15, 0.2) is 0 Å². The van der Waals surface area contributed by atoms with Crippen LogP contribution in [0.1, 0.15) is 51.0 Å². The molecule has 0 aromatic heterocycles. The summed E-state index contributed by atoms with van der Waals surface area (Å²) < 4.78 is 27.2. The summed E-state index contributed by atoms with van der Waals surface area (Å²) in [6.45, 7) is 5.76. The van der Waals surface area contributed by atoms with Crippen LogP contribution in [0.3, 0.4) is 0 Å². The summed E-state index contributed by atoms with van der Waals surface area (Å²) in [4.78, 5) is 15.4. The fourth-order valence-corrected chi connectivity index (χ4v) is 5.79. The van der Waals surface area contributed by atoms with E-state index in [4.69, 9.17) is 0 Å². The minimum Gasteiger partial charge on any atom is -0.339 e. The Balaban J connectivity index is 1.64. The molecule has 3 rings (SSSR count). The van der Waals surface area contributed by atoms with Crippen molar-refractivity contribution >= 4 is 15.9 Å². The molecule has 0 N–H and O–H groups in total. The zero-order valence-corrected chi connectivity index (χ0v) is 16.7. The molecule has 0 radical (unpaired) electrons. The second-order valence-electron chi connectivity index (χ2n) is 7.58. The fraction of sp³-hybridized carbons (Fsp3) is 0.650. The monoisotopic (exact) mass is 378 g/mol. The number of sulfonamides is 1. The molecule has 1 aromatic carbocycles. The van der Waals surface area contributed by atoms with Gasteiger partial charge in [-0.2, -0.15) is 4.31 Å². The third-order valence-electron chi connectivity index (χ3n) is 5.81. The zero-order valence-electron chi connectivity index (χ0n) is 15.9. The van der Waals surface area contributed by atoms with Gasteiger partial charge in [0.25, 0.3) is 0 Å². The molecule has 1 atom stereocenters.